The van der Waals surface area contributed by atoms with Crippen LogP contribution in [0, 0.1) is 10.1 Å². The Morgan fingerprint density at radius 2 is 2.30 bits per heavy atom. The molecule has 20 heavy (non-hydrogen) atoms. The van der Waals surface area contributed by atoms with Gasteiger partial charge in [-0.05, 0) is 18.6 Å². The van der Waals surface area contributed by atoms with Gasteiger partial charge in [0.25, 0.3) is 5.88 Å². The third-order valence-electron chi connectivity index (χ3n) is 2.46. The minimum Gasteiger partial charge on any atom is -0.476 e. The molecule has 0 saturated heterocycles. The predicted octanol–water partition coefficient (Wildman–Crippen LogP) is 2.76. The lowest BCUT2D eigenvalue weighted by Crippen LogP contribution is -2.09. The Balaban J connectivity index is 2.07. The van der Waals surface area contributed by atoms with Crippen molar-refractivity contribution in [2.24, 2.45) is 0 Å². The molecule has 0 spiro atoms. The highest BCUT2D eigenvalue weighted by Gasteiger charge is 2.23. The Hall–Kier alpha value is -1.93. The molecule has 0 radical (unpaired) electrons. The van der Waals surface area contributed by atoms with Gasteiger partial charge in [-0.2, -0.15) is 4.98 Å². The van der Waals surface area contributed by atoms with Gasteiger partial charge in [0.05, 0.1) is 16.4 Å². The molecule has 0 fully saturated rings. The van der Waals surface area contributed by atoms with Gasteiger partial charge >= 0.3 is 5.69 Å². The van der Waals surface area contributed by atoms with E-state index in [1.54, 1.807) is 0 Å². The number of hydrogen-bond acceptors (Lipinski definition) is 7. The van der Waals surface area contributed by atoms with Crippen LogP contribution >= 0.6 is 22.9 Å². The SMILES string of the molecule is COc1ncnc(NCCc2ccc(Cl)s2)c1[N+](=O)[O-]. The van der Waals surface area contributed by atoms with E-state index in [9.17, 15) is 10.1 Å². The Morgan fingerprint density at radius 3 is 2.90 bits per heavy atom. The van der Waals surface area contributed by atoms with E-state index in [2.05, 4.69) is 15.3 Å². The molecule has 2 heterocycles. The van der Waals surface area contributed by atoms with E-state index in [-0.39, 0.29) is 17.4 Å². The topological polar surface area (TPSA) is 90.2 Å². The minimum absolute atomic E-state index is 0.0633. The molecule has 106 valence electrons. The summed E-state index contributed by atoms with van der Waals surface area (Å²) in [6, 6.07) is 3.74. The number of thiophene rings is 1. The first-order valence-corrected chi connectivity index (χ1v) is 6.82. The van der Waals surface area contributed by atoms with Crippen molar-refractivity contribution in [1.82, 2.24) is 9.97 Å². The van der Waals surface area contributed by atoms with Crippen LogP contribution in [-0.4, -0.2) is 28.5 Å². The number of methoxy groups -OCH3 is 1. The largest absolute Gasteiger partial charge is 0.476 e. The van der Waals surface area contributed by atoms with Crippen LogP contribution in [0.5, 0.6) is 5.88 Å². The lowest BCUT2D eigenvalue weighted by molar-refractivity contribution is -0.385. The van der Waals surface area contributed by atoms with Gasteiger partial charge in [-0.1, -0.05) is 11.6 Å². The molecule has 0 saturated carbocycles. The lowest BCUT2D eigenvalue weighted by Gasteiger charge is -2.06. The molecule has 0 aromatic carbocycles. The van der Waals surface area contributed by atoms with Gasteiger partial charge in [0.15, 0.2) is 0 Å². The third kappa shape index (κ3) is 3.34. The van der Waals surface area contributed by atoms with Crippen molar-refractivity contribution in [1.29, 1.82) is 0 Å². The second-order valence-corrected chi connectivity index (χ2v) is 5.52. The molecule has 0 aliphatic heterocycles. The van der Waals surface area contributed by atoms with Crippen LogP contribution in [0.3, 0.4) is 0 Å². The molecule has 0 amide bonds. The Kier molecular flexibility index (Phi) is 4.70. The smallest absolute Gasteiger partial charge is 0.372 e. The number of hydrogen-bond donors (Lipinski definition) is 1. The molecule has 0 aliphatic carbocycles. The molecule has 9 heteroatoms. The molecule has 2 rings (SSSR count). The van der Waals surface area contributed by atoms with Gasteiger partial charge < -0.3 is 10.1 Å². The summed E-state index contributed by atoms with van der Waals surface area (Å²) in [5.74, 6) is 0.0798. The summed E-state index contributed by atoms with van der Waals surface area (Å²) in [5, 5.41) is 13.9. The van der Waals surface area contributed by atoms with E-state index < -0.39 is 4.92 Å². The molecular weight excluding hydrogens is 304 g/mol. The number of nitrogens with one attached hydrogen (secondary N) is 1. The Labute approximate surface area is 123 Å². The monoisotopic (exact) mass is 314 g/mol. The first-order chi connectivity index (χ1) is 9.61. The van der Waals surface area contributed by atoms with Crippen LogP contribution in [0.4, 0.5) is 11.5 Å². The van der Waals surface area contributed by atoms with E-state index in [1.807, 2.05) is 12.1 Å². The van der Waals surface area contributed by atoms with E-state index >= 15 is 0 Å². The maximum Gasteiger partial charge on any atom is 0.372 e. The average molecular weight is 315 g/mol. The molecule has 7 nitrogen and oxygen atoms in total. The van der Waals surface area contributed by atoms with E-state index in [4.69, 9.17) is 16.3 Å². The van der Waals surface area contributed by atoms with Gasteiger partial charge in [-0.15, -0.1) is 11.3 Å². The molecule has 0 atom stereocenters. The number of aromatic nitrogens is 2. The number of halogens is 1. The zero-order chi connectivity index (χ0) is 14.5. The summed E-state index contributed by atoms with van der Waals surface area (Å²) in [6.45, 7) is 0.498. The second-order valence-electron chi connectivity index (χ2n) is 3.72. The number of ether oxygens (including phenoxy) is 1. The first kappa shape index (κ1) is 14.5. The maximum atomic E-state index is 11.0. The van der Waals surface area contributed by atoms with Crippen molar-refractivity contribution in [3.8, 4) is 5.88 Å². The Bertz CT molecular complexity index is 619. The number of nitro groups is 1. The summed E-state index contributed by atoms with van der Waals surface area (Å²) < 4.78 is 5.58. The number of anilines is 1. The van der Waals surface area contributed by atoms with Gasteiger partial charge in [0.2, 0.25) is 5.82 Å². The number of rotatable bonds is 6. The molecule has 1 N–H and O–H groups in total. The van der Waals surface area contributed by atoms with Crippen LogP contribution in [-0.2, 0) is 6.42 Å². The highest BCUT2D eigenvalue weighted by atomic mass is 35.5. The first-order valence-electron chi connectivity index (χ1n) is 5.63. The minimum atomic E-state index is -0.566. The molecule has 0 unspecified atom stereocenters. The van der Waals surface area contributed by atoms with Crippen molar-refractivity contribution < 1.29 is 9.66 Å². The molecular formula is C11H11ClN4O3S. The Morgan fingerprint density at radius 1 is 1.50 bits per heavy atom. The van der Waals surface area contributed by atoms with Crippen molar-refractivity contribution >= 4 is 34.4 Å². The fraction of sp³-hybridized carbons (Fsp3) is 0.273. The standard InChI is InChI=1S/C11H11ClN4O3S/c1-19-11-9(16(17)18)10(14-6-15-11)13-5-4-7-2-3-8(12)20-7/h2-3,6H,4-5H2,1H3,(H,13,14,15). The summed E-state index contributed by atoms with van der Waals surface area (Å²) in [5.41, 5.74) is -0.265. The van der Waals surface area contributed by atoms with Gasteiger partial charge in [0, 0.05) is 11.4 Å². The summed E-state index contributed by atoms with van der Waals surface area (Å²) in [4.78, 5) is 19.1. The fourth-order valence-corrected chi connectivity index (χ4v) is 2.68. The van der Waals surface area contributed by atoms with E-state index in [1.165, 1.54) is 24.8 Å². The van der Waals surface area contributed by atoms with Crippen molar-refractivity contribution in [3.05, 3.63) is 37.8 Å². The average Bonchev–Trinajstić information content (AvgIpc) is 2.83. The highest BCUT2D eigenvalue weighted by Crippen LogP contribution is 2.30. The van der Waals surface area contributed by atoms with Crippen molar-refractivity contribution in [2.75, 3.05) is 19.0 Å². The summed E-state index contributed by atoms with van der Waals surface area (Å²) >= 11 is 7.31. The third-order valence-corrected chi connectivity index (χ3v) is 3.75. The van der Waals surface area contributed by atoms with Crippen LogP contribution in [0.2, 0.25) is 4.34 Å². The van der Waals surface area contributed by atoms with Crippen LogP contribution < -0.4 is 10.1 Å². The highest BCUT2D eigenvalue weighted by molar-refractivity contribution is 7.16. The lowest BCUT2D eigenvalue weighted by atomic mass is 10.3. The predicted molar refractivity (Wildman–Crippen MR) is 76.8 cm³/mol. The van der Waals surface area contributed by atoms with Crippen molar-refractivity contribution in [3.63, 3.8) is 0 Å². The van der Waals surface area contributed by atoms with E-state index in [0.29, 0.717) is 13.0 Å². The molecule has 2 aromatic rings. The molecule has 2 aromatic heterocycles. The zero-order valence-corrected chi connectivity index (χ0v) is 12.1. The van der Waals surface area contributed by atoms with Gasteiger partial charge in [-0.3, -0.25) is 10.1 Å². The fourth-order valence-electron chi connectivity index (χ4n) is 1.60. The van der Waals surface area contributed by atoms with Crippen LogP contribution in [0.1, 0.15) is 4.88 Å². The van der Waals surface area contributed by atoms with Crippen molar-refractivity contribution in [2.45, 2.75) is 6.42 Å². The van der Waals surface area contributed by atoms with Gasteiger partial charge in [0.1, 0.15) is 6.33 Å². The molecule has 0 aliphatic rings. The second kappa shape index (κ2) is 6.49. The quantitative estimate of drug-likeness (QED) is 0.651. The number of nitrogens with zero attached hydrogens (tertiary/aromatic N) is 3. The summed E-state index contributed by atoms with van der Waals surface area (Å²) in [6.07, 6.45) is 1.91. The maximum absolute atomic E-state index is 11.0. The summed E-state index contributed by atoms with van der Waals surface area (Å²) in [7, 11) is 1.33. The van der Waals surface area contributed by atoms with E-state index in [0.717, 1.165) is 9.21 Å². The van der Waals surface area contributed by atoms with Crippen LogP contribution in [0.15, 0.2) is 18.5 Å². The molecule has 0 bridgehead atoms. The van der Waals surface area contributed by atoms with Gasteiger partial charge in [-0.25, -0.2) is 4.98 Å². The normalized spacial score (nSPS) is 10.3. The van der Waals surface area contributed by atoms with Crippen LogP contribution in [0.25, 0.3) is 0 Å². The zero-order valence-electron chi connectivity index (χ0n) is 10.5.